The molecule has 130 valence electrons. The summed E-state index contributed by atoms with van der Waals surface area (Å²) >= 11 is 0. The van der Waals surface area contributed by atoms with Crippen LogP contribution in [0.4, 0.5) is 5.69 Å². The lowest BCUT2D eigenvalue weighted by Gasteiger charge is -2.22. The number of para-hydroxylation sites is 1. The molecule has 1 amide bonds. The van der Waals surface area contributed by atoms with Crippen molar-refractivity contribution in [2.75, 3.05) is 11.4 Å². The van der Waals surface area contributed by atoms with Crippen molar-refractivity contribution >= 4 is 23.5 Å². The van der Waals surface area contributed by atoms with E-state index >= 15 is 0 Å². The van der Waals surface area contributed by atoms with Crippen LogP contribution in [0.2, 0.25) is 0 Å². The summed E-state index contributed by atoms with van der Waals surface area (Å²) < 4.78 is 5.14. The van der Waals surface area contributed by atoms with E-state index in [0.717, 1.165) is 12.8 Å². The van der Waals surface area contributed by atoms with Crippen molar-refractivity contribution < 1.29 is 19.1 Å². The van der Waals surface area contributed by atoms with Gasteiger partial charge in [-0.15, -0.1) is 0 Å². The predicted octanol–water partition coefficient (Wildman–Crippen LogP) is 3.29. The molecule has 0 saturated heterocycles. The van der Waals surface area contributed by atoms with E-state index in [9.17, 15) is 14.7 Å². The molecule has 0 unspecified atom stereocenters. The maximum atomic E-state index is 12.8. The molecule has 3 rings (SSSR count). The van der Waals surface area contributed by atoms with Crippen molar-refractivity contribution in [2.24, 2.45) is 0 Å². The van der Waals surface area contributed by atoms with E-state index in [0.29, 0.717) is 23.6 Å². The summed E-state index contributed by atoms with van der Waals surface area (Å²) in [6.07, 6.45) is 5.87. The highest BCUT2D eigenvalue weighted by atomic mass is 16.3. The summed E-state index contributed by atoms with van der Waals surface area (Å²) in [7, 11) is 0. The zero-order chi connectivity index (χ0) is 17.9. The lowest BCUT2D eigenvalue weighted by Crippen LogP contribution is -2.42. The minimum Gasteiger partial charge on any atom is -0.465 e. The van der Waals surface area contributed by atoms with E-state index in [2.05, 4.69) is 0 Å². The molecular formula is C20H21NO4. The first-order chi connectivity index (χ1) is 12.1. The number of rotatable bonds is 7. The molecule has 1 N–H and O–H groups in total. The smallest absolute Gasteiger partial charge is 0.264 e. The van der Waals surface area contributed by atoms with Gasteiger partial charge in [0, 0.05) is 12.1 Å². The average molecular weight is 339 g/mol. The first-order valence-corrected chi connectivity index (χ1v) is 8.44. The van der Waals surface area contributed by atoms with Crippen molar-refractivity contribution in [3.8, 4) is 0 Å². The first-order valence-electron chi connectivity index (χ1n) is 8.44. The quantitative estimate of drug-likeness (QED) is 0.786. The van der Waals surface area contributed by atoms with Crippen molar-refractivity contribution in [2.45, 2.75) is 31.8 Å². The molecule has 5 heteroatoms. The third-order valence-corrected chi connectivity index (χ3v) is 4.38. The van der Waals surface area contributed by atoms with Crippen LogP contribution in [0.1, 0.15) is 37.5 Å². The standard InChI is InChI=1S/C20H21NO4/c1-2-3-12-21-18-9-5-4-8-17(18)20(24,19(21)23)14-15(22)10-11-16-7-6-13-25-16/h4-11,13,24H,2-3,12,14H2,1H3/b11-10+/t20-/m1/s1. The topological polar surface area (TPSA) is 70.8 Å². The molecule has 2 heterocycles. The second kappa shape index (κ2) is 7.07. The number of allylic oxidation sites excluding steroid dienone is 1. The number of fused-ring (bicyclic) bond motifs is 1. The number of hydrogen-bond donors (Lipinski definition) is 1. The molecule has 0 bridgehead atoms. The van der Waals surface area contributed by atoms with Gasteiger partial charge in [0.2, 0.25) is 0 Å². The van der Waals surface area contributed by atoms with Crippen LogP contribution in [0.15, 0.2) is 53.2 Å². The number of unbranched alkanes of at least 4 members (excludes halogenated alkanes) is 1. The van der Waals surface area contributed by atoms with Gasteiger partial charge in [0.05, 0.1) is 18.4 Å². The van der Waals surface area contributed by atoms with Gasteiger partial charge in [0.25, 0.3) is 5.91 Å². The van der Waals surface area contributed by atoms with Crippen LogP contribution in [-0.4, -0.2) is 23.3 Å². The van der Waals surface area contributed by atoms with Gasteiger partial charge in [-0.1, -0.05) is 31.5 Å². The number of benzene rings is 1. The van der Waals surface area contributed by atoms with E-state index in [4.69, 9.17) is 4.42 Å². The Balaban J connectivity index is 1.84. The van der Waals surface area contributed by atoms with Crippen LogP contribution in [-0.2, 0) is 15.2 Å². The Labute approximate surface area is 146 Å². The zero-order valence-electron chi connectivity index (χ0n) is 14.1. The number of nitrogens with zero attached hydrogens (tertiary/aromatic N) is 1. The van der Waals surface area contributed by atoms with Crippen molar-refractivity contribution in [1.29, 1.82) is 0 Å². The normalized spacial score (nSPS) is 19.6. The number of aliphatic hydroxyl groups is 1. The van der Waals surface area contributed by atoms with Crippen molar-refractivity contribution in [1.82, 2.24) is 0 Å². The van der Waals surface area contributed by atoms with Gasteiger partial charge in [-0.05, 0) is 36.8 Å². The fourth-order valence-corrected chi connectivity index (χ4v) is 3.09. The monoisotopic (exact) mass is 339 g/mol. The molecule has 5 nitrogen and oxygen atoms in total. The molecule has 25 heavy (non-hydrogen) atoms. The molecule has 0 radical (unpaired) electrons. The Morgan fingerprint density at radius 3 is 2.80 bits per heavy atom. The highest BCUT2D eigenvalue weighted by Gasteiger charge is 2.50. The fraction of sp³-hybridized carbons (Fsp3) is 0.300. The molecule has 0 spiro atoms. The second-order valence-corrected chi connectivity index (χ2v) is 6.18. The summed E-state index contributed by atoms with van der Waals surface area (Å²) in [5.74, 6) is -0.218. The Morgan fingerprint density at radius 1 is 1.28 bits per heavy atom. The Hall–Kier alpha value is -2.66. The van der Waals surface area contributed by atoms with Gasteiger partial charge in [0.1, 0.15) is 5.76 Å². The Bertz CT molecular complexity index is 794. The van der Waals surface area contributed by atoms with Crippen LogP contribution in [0.3, 0.4) is 0 Å². The van der Waals surface area contributed by atoms with Gasteiger partial charge >= 0.3 is 0 Å². The molecule has 2 aromatic rings. The third kappa shape index (κ3) is 3.28. The zero-order valence-corrected chi connectivity index (χ0v) is 14.1. The SMILES string of the molecule is CCCCN1C(=O)[C@@](O)(CC(=O)/C=C/c2ccco2)c2ccccc21. The molecule has 0 saturated carbocycles. The van der Waals surface area contributed by atoms with Crippen LogP contribution in [0, 0.1) is 0 Å². The van der Waals surface area contributed by atoms with Crippen LogP contribution < -0.4 is 4.90 Å². The molecule has 0 aliphatic carbocycles. The molecule has 0 fully saturated rings. The van der Waals surface area contributed by atoms with E-state index in [1.807, 2.05) is 19.1 Å². The highest BCUT2D eigenvalue weighted by Crippen LogP contribution is 2.42. The number of hydrogen-bond acceptors (Lipinski definition) is 4. The van der Waals surface area contributed by atoms with Crippen LogP contribution in [0.25, 0.3) is 6.08 Å². The van der Waals surface area contributed by atoms with Crippen molar-refractivity contribution in [3.05, 3.63) is 60.1 Å². The number of ketones is 1. The predicted molar refractivity (Wildman–Crippen MR) is 95.0 cm³/mol. The lowest BCUT2D eigenvalue weighted by molar-refractivity contribution is -0.140. The Kier molecular flexibility index (Phi) is 4.86. The van der Waals surface area contributed by atoms with Gasteiger partial charge in [-0.3, -0.25) is 9.59 Å². The second-order valence-electron chi connectivity index (χ2n) is 6.18. The molecule has 1 aliphatic rings. The molecule has 1 aromatic carbocycles. The van der Waals surface area contributed by atoms with Crippen LogP contribution >= 0.6 is 0 Å². The number of carbonyl (C=O) groups excluding carboxylic acids is 2. The molecule has 1 aliphatic heterocycles. The lowest BCUT2D eigenvalue weighted by atomic mass is 9.90. The summed E-state index contributed by atoms with van der Waals surface area (Å²) in [6.45, 7) is 2.58. The largest absolute Gasteiger partial charge is 0.465 e. The maximum Gasteiger partial charge on any atom is 0.264 e. The minimum absolute atomic E-state index is 0.289. The highest BCUT2D eigenvalue weighted by molar-refractivity contribution is 6.10. The summed E-state index contributed by atoms with van der Waals surface area (Å²) in [6, 6.07) is 10.6. The number of furan rings is 1. The van der Waals surface area contributed by atoms with Gasteiger partial charge in [-0.2, -0.15) is 0 Å². The van der Waals surface area contributed by atoms with E-state index < -0.39 is 11.5 Å². The number of amides is 1. The Morgan fingerprint density at radius 2 is 2.08 bits per heavy atom. The van der Waals surface area contributed by atoms with Crippen molar-refractivity contribution in [3.63, 3.8) is 0 Å². The van der Waals surface area contributed by atoms with Gasteiger partial charge in [0.15, 0.2) is 11.4 Å². The average Bonchev–Trinajstić information content (AvgIpc) is 3.19. The minimum atomic E-state index is -1.81. The van der Waals surface area contributed by atoms with Gasteiger partial charge < -0.3 is 14.4 Å². The van der Waals surface area contributed by atoms with E-state index in [-0.39, 0.29) is 12.2 Å². The molecular weight excluding hydrogens is 318 g/mol. The summed E-state index contributed by atoms with van der Waals surface area (Å²) in [4.78, 5) is 26.7. The fourth-order valence-electron chi connectivity index (χ4n) is 3.09. The van der Waals surface area contributed by atoms with E-state index in [1.54, 1.807) is 29.2 Å². The van der Waals surface area contributed by atoms with Crippen LogP contribution in [0.5, 0.6) is 0 Å². The molecule has 1 atom stereocenters. The summed E-state index contributed by atoms with van der Waals surface area (Å²) in [5.41, 5.74) is -0.628. The van der Waals surface area contributed by atoms with E-state index in [1.165, 1.54) is 18.4 Å². The third-order valence-electron chi connectivity index (χ3n) is 4.38. The number of anilines is 1. The maximum absolute atomic E-state index is 12.8. The van der Waals surface area contributed by atoms with Gasteiger partial charge in [-0.25, -0.2) is 0 Å². The number of carbonyl (C=O) groups is 2. The summed E-state index contributed by atoms with van der Waals surface area (Å²) in [5, 5.41) is 11.0. The molecule has 1 aromatic heterocycles. The first kappa shape index (κ1) is 17.2.